The van der Waals surface area contributed by atoms with Crippen LogP contribution in [0.4, 0.5) is 0 Å². The van der Waals surface area contributed by atoms with Crippen molar-refractivity contribution in [3.8, 4) is 0 Å². The van der Waals surface area contributed by atoms with E-state index in [9.17, 15) is 4.79 Å². The molecule has 7 heteroatoms. The number of aryl methyl sites for hydroxylation is 1. The summed E-state index contributed by atoms with van der Waals surface area (Å²) in [7, 11) is 0. The van der Waals surface area contributed by atoms with Crippen LogP contribution in [0.3, 0.4) is 0 Å². The largest absolute Gasteiger partial charge is 0.322 e. The van der Waals surface area contributed by atoms with Gasteiger partial charge in [-0.05, 0) is 111 Å². The van der Waals surface area contributed by atoms with Crippen LogP contribution < -0.4 is 5.56 Å². The molecule has 1 aliphatic heterocycles. The quantitative estimate of drug-likeness (QED) is 0.422. The topological polar surface area (TPSA) is 79.7 Å². The van der Waals surface area contributed by atoms with Crippen LogP contribution in [0.25, 0.3) is 10.9 Å². The zero-order chi connectivity index (χ0) is 25.3. The molecule has 1 N–H and O–H groups in total. The molecule has 0 amide bonds. The number of aromatic amines is 1. The van der Waals surface area contributed by atoms with Crippen LogP contribution in [-0.4, -0.2) is 43.2 Å². The van der Waals surface area contributed by atoms with Gasteiger partial charge in [-0.3, -0.25) is 9.69 Å². The molecule has 0 spiro atoms. The third-order valence-electron chi connectivity index (χ3n) is 7.40. The minimum absolute atomic E-state index is 0.0772. The number of rotatable bonds is 6. The van der Waals surface area contributed by atoms with Gasteiger partial charge in [0.2, 0.25) is 0 Å². The summed E-state index contributed by atoms with van der Waals surface area (Å²) in [6, 6.07) is 18.7. The molecule has 1 saturated heterocycles. The number of H-pyrrole nitrogens is 1. The van der Waals surface area contributed by atoms with Gasteiger partial charge in [-0.2, -0.15) is 0 Å². The van der Waals surface area contributed by atoms with Gasteiger partial charge < -0.3 is 4.98 Å². The molecule has 0 radical (unpaired) electrons. The van der Waals surface area contributed by atoms with Crippen LogP contribution in [-0.2, 0) is 18.4 Å². The predicted molar refractivity (Wildman–Crippen MR) is 143 cm³/mol. The van der Waals surface area contributed by atoms with E-state index in [0.717, 1.165) is 55.5 Å². The molecule has 2 aromatic heterocycles. The second-order valence-corrected chi connectivity index (χ2v) is 11.0. The smallest absolute Gasteiger partial charge is 0.253 e. The number of nitrogens with one attached hydrogen (secondary N) is 1. The fraction of sp³-hybridized carbons (Fsp3) is 0.448. The fourth-order valence-electron chi connectivity index (χ4n) is 5.40. The highest BCUT2D eigenvalue weighted by atomic mass is 16.1. The van der Waals surface area contributed by atoms with Crippen LogP contribution in [0.15, 0.2) is 59.4 Å². The van der Waals surface area contributed by atoms with Crippen LogP contribution >= 0.6 is 0 Å². The third kappa shape index (κ3) is 4.98. The number of piperidine rings is 1. The van der Waals surface area contributed by atoms with E-state index in [1.54, 1.807) is 0 Å². The molecule has 3 heterocycles. The van der Waals surface area contributed by atoms with Crippen molar-refractivity contribution in [1.82, 2.24) is 30.1 Å². The highest BCUT2D eigenvalue weighted by molar-refractivity contribution is 5.80. The van der Waals surface area contributed by atoms with Crippen molar-refractivity contribution in [3.63, 3.8) is 0 Å². The number of pyridine rings is 1. The zero-order valence-electron chi connectivity index (χ0n) is 21.7. The van der Waals surface area contributed by atoms with Gasteiger partial charge in [0.25, 0.3) is 5.56 Å². The Labute approximate surface area is 212 Å². The van der Waals surface area contributed by atoms with Gasteiger partial charge in [-0.1, -0.05) is 43.3 Å². The lowest BCUT2D eigenvalue weighted by Crippen LogP contribution is -2.42. The number of hydrogen-bond donors (Lipinski definition) is 1. The fourth-order valence-corrected chi connectivity index (χ4v) is 5.40. The molecule has 0 saturated carbocycles. The average molecular weight is 485 g/mol. The van der Waals surface area contributed by atoms with Crippen molar-refractivity contribution in [2.75, 3.05) is 13.1 Å². The maximum Gasteiger partial charge on any atom is 0.253 e. The summed E-state index contributed by atoms with van der Waals surface area (Å²) < 4.78 is 1.87. The number of benzene rings is 2. The second-order valence-electron chi connectivity index (χ2n) is 11.0. The first-order chi connectivity index (χ1) is 17.3. The molecule has 2 aromatic carbocycles. The van der Waals surface area contributed by atoms with Crippen LogP contribution in [0.1, 0.15) is 69.1 Å². The molecule has 1 atom stereocenters. The Morgan fingerprint density at radius 3 is 2.47 bits per heavy atom. The molecule has 4 aromatic rings. The Morgan fingerprint density at radius 2 is 1.78 bits per heavy atom. The van der Waals surface area contributed by atoms with E-state index < -0.39 is 0 Å². The van der Waals surface area contributed by atoms with E-state index in [1.165, 1.54) is 11.1 Å². The van der Waals surface area contributed by atoms with E-state index in [-0.39, 0.29) is 17.1 Å². The van der Waals surface area contributed by atoms with Crippen molar-refractivity contribution < 1.29 is 0 Å². The average Bonchev–Trinajstić information content (AvgIpc) is 3.36. The van der Waals surface area contributed by atoms with Gasteiger partial charge in [0.05, 0.1) is 5.54 Å². The Balaban J connectivity index is 1.52. The van der Waals surface area contributed by atoms with E-state index >= 15 is 0 Å². The monoisotopic (exact) mass is 484 g/mol. The van der Waals surface area contributed by atoms with E-state index in [0.29, 0.717) is 11.5 Å². The van der Waals surface area contributed by atoms with Crippen molar-refractivity contribution in [1.29, 1.82) is 0 Å². The summed E-state index contributed by atoms with van der Waals surface area (Å²) in [5.74, 6) is 1.35. The molecule has 1 fully saturated rings. The van der Waals surface area contributed by atoms with Gasteiger partial charge in [-0.25, -0.2) is 4.68 Å². The molecular weight excluding hydrogens is 448 g/mol. The van der Waals surface area contributed by atoms with Crippen molar-refractivity contribution in [2.24, 2.45) is 5.92 Å². The van der Waals surface area contributed by atoms with E-state index in [4.69, 9.17) is 0 Å². The maximum absolute atomic E-state index is 13.5. The number of fused-ring (bicyclic) bond motifs is 1. The van der Waals surface area contributed by atoms with Gasteiger partial charge in [0.15, 0.2) is 5.82 Å². The molecule has 36 heavy (non-hydrogen) atoms. The second kappa shape index (κ2) is 9.97. The normalized spacial score (nSPS) is 16.4. The Hall–Kier alpha value is -3.32. The number of hydrogen-bond acceptors (Lipinski definition) is 5. The summed E-state index contributed by atoms with van der Waals surface area (Å²) >= 11 is 0. The standard InChI is InChI=1S/C29H36N6O/c1-5-20-11-12-25-23(18-20)19-24(28(36)30-25)26(27-31-32-33-35(27)29(2,3)4)34-15-13-22(14-16-34)17-21-9-7-6-8-10-21/h6-12,18-19,22,26H,5,13-17H2,1-4H3,(H,30,36). The van der Waals surface area contributed by atoms with Crippen LogP contribution in [0.5, 0.6) is 0 Å². The minimum Gasteiger partial charge on any atom is -0.322 e. The minimum atomic E-state index is -0.310. The zero-order valence-corrected chi connectivity index (χ0v) is 21.7. The maximum atomic E-state index is 13.5. The summed E-state index contributed by atoms with van der Waals surface area (Å²) in [4.78, 5) is 19.0. The molecule has 0 aliphatic carbocycles. The highest BCUT2D eigenvalue weighted by Crippen LogP contribution is 2.33. The third-order valence-corrected chi connectivity index (χ3v) is 7.40. The van der Waals surface area contributed by atoms with E-state index in [2.05, 4.69) is 102 Å². The van der Waals surface area contributed by atoms with Gasteiger partial charge in [0, 0.05) is 11.1 Å². The van der Waals surface area contributed by atoms with Gasteiger partial charge >= 0.3 is 0 Å². The lowest BCUT2D eigenvalue weighted by atomic mass is 9.88. The molecule has 188 valence electrons. The number of nitrogens with zero attached hydrogens (tertiary/aromatic N) is 5. The first kappa shape index (κ1) is 24.4. The lowest BCUT2D eigenvalue weighted by Gasteiger charge is -2.37. The molecule has 5 rings (SSSR count). The summed E-state index contributed by atoms with van der Waals surface area (Å²) in [5.41, 5.74) is 3.82. The molecule has 0 bridgehead atoms. The molecular formula is C29H36N6O. The number of aromatic nitrogens is 5. The van der Waals surface area contributed by atoms with Crippen molar-refractivity contribution in [3.05, 3.63) is 87.5 Å². The number of tetrazole rings is 1. The first-order valence-corrected chi connectivity index (χ1v) is 13.1. The first-order valence-electron chi connectivity index (χ1n) is 13.1. The van der Waals surface area contributed by atoms with Crippen molar-refractivity contribution >= 4 is 10.9 Å². The van der Waals surface area contributed by atoms with E-state index in [1.807, 2.05) is 10.7 Å². The van der Waals surface area contributed by atoms with Crippen molar-refractivity contribution in [2.45, 2.75) is 65.0 Å². The Morgan fingerprint density at radius 1 is 1.03 bits per heavy atom. The van der Waals surface area contributed by atoms with Crippen LogP contribution in [0.2, 0.25) is 0 Å². The predicted octanol–water partition coefficient (Wildman–Crippen LogP) is 4.88. The summed E-state index contributed by atoms with van der Waals surface area (Å²) in [6.45, 7) is 10.2. The molecule has 1 aliphatic rings. The highest BCUT2D eigenvalue weighted by Gasteiger charge is 2.35. The Kier molecular flexibility index (Phi) is 6.75. The van der Waals surface area contributed by atoms with Gasteiger partial charge in [0.1, 0.15) is 6.04 Å². The SMILES string of the molecule is CCc1ccc2[nH]c(=O)c(C(c3nnnn3C(C)(C)C)N3CCC(Cc4ccccc4)CC3)cc2c1. The lowest BCUT2D eigenvalue weighted by molar-refractivity contribution is 0.138. The Bertz CT molecular complexity index is 1380. The summed E-state index contributed by atoms with van der Waals surface area (Å²) in [5, 5.41) is 13.9. The molecule has 7 nitrogen and oxygen atoms in total. The summed E-state index contributed by atoms with van der Waals surface area (Å²) in [6.07, 6.45) is 4.20. The van der Waals surface area contributed by atoms with Gasteiger partial charge in [-0.15, -0.1) is 5.10 Å². The molecule has 1 unspecified atom stereocenters. The van der Waals surface area contributed by atoms with Crippen LogP contribution in [0, 0.1) is 5.92 Å². The number of likely N-dealkylation sites (tertiary alicyclic amines) is 1.